The highest BCUT2D eigenvalue weighted by atomic mass is 16.4. The van der Waals surface area contributed by atoms with Crippen LogP contribution in [0.2, 0.25) is 0 Å². The lowest BCUT2D eigenvalue weighted by Gasteiger charge is -2.45. The minimum atomic E-state index is -0.929. The summed E-state index contributed by atoms with van der Waals surface area (Å²) in [5, 5.41) is 10.0. The molecule has 0 aliphatic carbocycles. The standard InChI is InChI=1S/C26H35N5O3/c1-25(2,3)16-30-20-12-13-21(27-22(20)28(7)23(30)32)29-15-18(31(24(33)34)26(4,5)6)14-17-10-8-9-11-19(17)29/h8-13,18H,14-16H2,1-7H3,(H,33,34). The summed E-state index contributed by atoms with van der Waals surface area (Å²) in [6, 6.07) is 11.7. The second kappa shape index (κ2) is 8.18. The number of carboxylic acid groups (broad SMARTS) is 1. The lowest BCUT2D eigenvalue weighted by Crippen LogP contribution is -2.56. The molecule has 3 aromatic rings. The van der Waals surface area contributed by atoms with E-state index in [4.69, 9.17) is 4.98 Å². The van der Waals surface area contributed by atoms with Crippen molar-refractivity contribution < 1.29 is 9.90 Å². The molecule has 0 saturated carbocycles. The van der Waals surface area contributed by atoms with Gasteiger partial charge in [0.15, 0.2) is 5.65 Å². The molecule has 3 heterocycles. The number of carbonyl (C=O) groups is 1. The van der Waals surface area contributed by atoms with Crippen LogP contribution >= 0.6 is 0 Å². The molecular formula is C26H35N5O3. The first-order chi connectivity index (χ1) is 15.8. The molecule has 1 atom stereocenters. The Hall–Kier alpha value is -3.29. The highest BCUT2D eigenvalue weighted by Crippen LogP contribution is 2.36. The van der Waals surface area contributed by atoms with Crippen molar-refractivity contribution in [3.05, 3.63) is 52.4 Å². The summed E-state index contributed by atoms with van der Waals surface area (Å²) < 4.78 is 3.38. The fourth-order valence-electron chi connectivity index (χ4n) is 5.00. The average Bonchev–Trinajstić information content (AvgIpc) is 2.95. The van der Waals surface area contributed by atoms with Gasteiger partial charge in [-0.25, -0.2) is 14.6 Å². The zero-order valence-corrected chi connectivity index (χ0v) is 21.2. The molecule has 0 saturated heterocycles. The maximum atomic E-state index is 13.0. The van der Waals surface area contributed by atoms with Crippen LogP contribution in [0.1, 0.15) is 47.1 Å². The van der Waals surface area contributed by atoms with Crippen LogP contribution in [0.5, 0.6) is 0 Å². The van der Waals surface area contributed by atoms with Crippen molar-refractivity contribution >= 4 is 28.8 Å². The number of amides is 1. The fourth-order valence-corrected chi connectivity index (χ4v) is 5.00. The quantitative estimate of drug-likeness (QED) is 0.610. The number of hydrogen-bond donors (Lipinski definition) is 1. The molecule has 1 N–H and O–H groups in total. The van der Waals surface area contributed by atoms with E-state index in [0.717, 1.165) is 16.8 Å². The van der Waals surface area contributed by atoms with Gasteiger partial charge in [0.05, 0.1) is 11.6 Å². The van der Waals surface area contributed by atoms with E-state index in [1.54, 1.807) is 21.1 Å². The predicted octanol–water partition coefficient (Wildman–Crippen LogP) is 4.62. The van der Waals surface area contributed by atoms with E-state index in [9.17, 15) is 14.7 Å². The lowest BCUT2D eigenvalue weighted by atomic mass is 9.93. The number of imidazole rings is 1. The molecule has 0 fully saturated rings. The molecule has 8 heteroatoms. The van der Waals surface area contributed by atoms with E-state index in [1.165, 1.54) is 0 Å². The van der Waals surface area contributed by atoms with Crippen LogP contribution < -0.4 is 10.6 Å². The lowest BCUT2D eigenvalue weighted by molar-refractivity contribution is 0.0713. The number of rotatable bonds is 3. The van der Waals surface area contributed by atoms with Gasteiger partial charge in [-0.3, -0.25) is 14.0 Å². The minimum absolute atomic E-state index is 0.0525. The first-order valence-electron chi connectivity index (χ1n) is 11.7. The Bertz CT molecular complexity index is 1290. The van der Waals surface area contributed by atoms with Crippen LogP contribution in [0.25, 0.3) is 11.2 Å². The zero-order valence-electron chi connectivity index (χ0n) is 21.2. The van der Waals surface area contributed by atoms with Crippen molar-refractivity contribution in [3.8, 4) is 0 Å². The Morgan fingerprint density at radius 2 is 1.79 bits per heavy atom. The molecule has 1 amide bonds. The van der Waals surface area contributed by atoms with Crippen molar-refractivity contribution in [3.63, 3.8) is 0 Å². The summed E-state index contributed by atoms with van der Waals surface area (Å²) in [5.41, 5.74) is 2.84. The number of hydrogen-bond acceptors (Lipinski definition) is 4. The molecule has 1 aromatic carbocycles. The second-order valence-electron chi connectivity index (χ2n) is 11.4. The van der Waals surface area contributed by atoms with Gasteiger partial charge in [0, 0.05) is 31.4 Å². The molecule has 0 bridgehead atoms. The molecule has 34 heavy (non-hydrogen) atoms. The van der Waals surface area contributed by atoms with E-state index in [0.29, 0.717) is 31.0 Å². The maximum Gasteiger partial charge on any atom is 0.408 e. The van der Waals surface area contributed by atoms with Crippen molar-refractivity contribution in [1.29, 1.82) is 0 Å². The van der Waals surface area contributed by atoms with Crippen molar-refractivity contribution in [2.75, 3.05) is 11.4 Å². The first-order valence-corrected chi connectivity index (χ1v) is 11.7. The van der Waals surface area contributed by atoms with Crippen LogP contribution in [0.15, 0.2) is 41.2 Å². The number of anilines is 2. The number of para-hydroxylation sites is 1. The van der Waals surface area contributed by atoms with Gasteiger partial charge in [-0.2, -0.15) is 0 Å². The van der Waals surface area contributed by atoms with Gasteiger partial charge < -0.3 is 10.0 Å². The largest absolute Gasteiger partial charge is 0.465 e. The number of nitrogens with zero attached hydrogens (tertiary/aromatic N) is 5. The summed E-state index contributed by atoms with van der Waals surface area (Å²) in [6.07, 6.45) is -0.291. The van der Waals surface area contributed by atoms with Crippen LogP contribution in [0.4, 0.5) is 16.3 Å². The van der Waals surface area contributed by atoms with E-state index < -0.39 is 11.6 Å². The van der Waals surface area contributed by atoms with Crippen molar-refractivity contribution in [2.45, 2.75) is 66.1 Å². The SMILES string of the molecule is Cn1c(=O)n(CC(C)(C)C)c2ccc(N3CC(N(C(=O)O)C(C)(C)C)Cc4ccccc43)nc21. The fraction of sp³-hybridized carbons (Fsp3) is 0.500. The summed E-state index contributed by atoms with van der Waals surface area (Å²) in [4.78, 5) is 33.7. The molecule has 1 unspecified atom stereocenters. The van der Waals surface area contributed by atoms with Gasteiger partial charge >= 0.3 is 11.8 Å². The van der Waals surface area contributed by atoms with E-state index in [-0.39, 0.29) is 17.1 Å². The number of aryl methyl sites for hydroxylation is 1. The maximum absolute atomic E-state index is 13.0. The van der Waals surface area contributed by atoms with Gasteiger partial charge in [-0.1, -0.05) is 39.0 Å². The molecular weight excluding hydrogens is 430 g/mol. The van der Waals surface area contributed by atoms with E-state index >= 15 is 0 Å². The highest BCUT2D eigenvalue weighted by Gasteiger charge is 2.38. The van der Waals surface area contributed by atoms with Crippen LogP contribution in [0.3, 0.4) is 0 Å². The minimum Gasteiger partial charge on any atom is -0.465 e. The van der Waals surface area contributed by atoms with Gasteiger partial charge in [-0.05, 0) is 56.4 Å². The van der Waals surface area contributed by atoms with E-state index in [2.05, 4.69) is 25.7 Å². The normalized spacial score (nSPS) is 16.6. The molecule has 182 valence electrons. The number of pyridine rings is 1. The van der Waals surface area contributed by atoms with Crippen LogP contribution in [-0.4, -0.2) is 48.3 Å². The summed E-state index contributed by atoms with van der Waals surface area (Å²) in [6.45, 7) is 13.2. The third kappa shape index (κ3) is 4.29. The number of fused-ring (bicyclic) bond motifs is 2. The Morgan fingerprint density at radius 3 is 2.41 bits per heavy atom. The van der Waals surface area contributed by atoms with Gasteiger partial charge in [-0.15, -0.1) is 0 Å². The topological polar surface area (TPSA) is 83.6 Å². The number of benzene rings is 1. The van der Waals surface area contributed by atoms with Crippen LogP contribution in [0, 0.1) is 5.41 Å². The van der Waals surface area contributed by atoms with Gasteiger partial charge in [0.2, 0.25) is 0 Å². The predicted molar refractivity (Wildman–Crippen MR) is 135 cm³/mol. The Kier molecular flexibility index (Phi) is 5.74. The van der Waals surface area contributed by atoms with E-state index in [1.807, 2.05) is 57.2 Å². The van der Waals surface area contributed by atoms with Crippen molar-refractivity contribution in [2.24, 2.45) is 12.5 Å². The second-order valence-corrected chi connectivity index (χ2v) is 11.4. The molecule has 1 aliphatic heterocycles. The number of aromatic nitrogens is 3. The van der Waals surface area contributed by atoms with Crippen LogP contribution in [-0.2, 0) is 20.0 Å². The average molecular weight is 466 g/mol. The highest BCUT2D eigenvalue weighted by molar-refractivity contribution is 5.77. The summed E-state index contributed by atoms with van der Waals surface area (Å²) in [7, 11) is 1.75. The molecule has 4 rings (SSSR count). The molecule has 0 spiro atoms. The zero-order chi connectivity index (χ0) is 25.0. The Morgan fingerprint density at radius 1 is 1.12 bits per heavy atom. The first kappa shape index (κ1) is 23.9. The smallest absolute Gasteiger partial charge is 0.408 e. The van der Waals surface area contributed by atoms with Gasteiger partial charge in [0.1, 0.15) is 5.82 Å². The van der Waals surface area contributed by atoms with Crippen molar-refractivity contribution in [1.82, 2.24) is 19.0 Å². The summed E-state index contributed by atoms with van der Waals surface area (Å²) >= 11 is 0. The summed E-state index contributed by atoms with van der Waals surface area (Å²) in [5.74, 6) is 0.701. The Labute approximate surface area is 200 Å². The molecule has 0 radical (unpaired) electrons. The third-order valence-electron chi connectivity index (χ3n) is 6.30. The monoisotopic (exact) mass is 465 g/mol. The Balaban J connectivity index is 1.82. The molecule has 1 aliphatic rings. The third-order valence-corrected chi connectivity index (χ3v) is 6.30. The van der Waals surface area contributed by atoms with Gasteiger partial charge in [0.25, 0.3) is 0 Å². The molecule has 8 nitrogen and oxygen atoms in total. The molecule has 2 aromatic heterocycles.